The highest BCUT2D eigenvalue weighted by Gasteiger charge is 2.12. The molecule has 0 saturated carbocycles. The predicted octanol–water partition coefficient (Wildman–Crippen LogP) is 5.13. The first-order chi connectivity index (χ1) is 12.3. The van der Waals surface area contributed by atoms with Crippen LogP contribution in [0.15, 0.2) is 24.8 Å². The normalized spacial score (nSPS) is 12.1. The number of aryl methyl sites for hydroxylation is 1. The highest BCUT2D eigenvalue weighted by Crippen LogP contribution is 2.23. The summed E-state index contributed by atoms with van der Waals surface area (Å²) in [5.74, 6) is 0.103. The van der Waals surface area contributed by atoms with Crippen LogP contribution < -0.4 is 5.48 Å². The predicted molar refractivity (Wildman–Crippen MR) is 106 cm³/mol. The van der Waals surface area contributed by atoms with Gasteiger partial charge in [0.15, 0.2) is 0 Å². The van der Waals surface area contributed by atoms with Gasteiger partial charge in [0.2, 0.25) is 0 Å². The van der Waals surface area contributed by atoms with Gasteiger partial charge in [0.05, 0.1) is 6.61 Å². The molecule has 0 bridgehead atoms. The first-order valence-corrected chi connectivity index (χ1v) is 9.73. The van der Waals surface area contributed by atoms with Crippen LogP contribution in [-0.4, -0.2) is 19.9 Å². The van der Waals surface area contributed by atoms with Crippen molar-refractivity contribution in [3.63, 3.8) is 0 Å². The number of rotatable bonds is 15. The second kappa shape index (κ2) is 13.8. The summed E-state index contributed by atoms with van der Waals surface area (Å²) >= 11 is 0. The Bertz CT molecular complexity index is 499. The number of hydroxylamine groups is 1. The number of hydrogen-bond acceptors (Lipinski definition) is 3. The molecule has 0 saturated heterocycles. The van der Waals surface area contributed by atoms with Gasteiger partial charge < -0.3 is 9.63 Å². The molecule has 0 aliphatic rings. The zero-order valence-electron chi connectivity index (χ0n) is 16.1. The molecule has 0 aromatic heterocycles. The van der Waals surface area contributed by atoms with Crippen LogP contribution in [0.2, 0.25) is 0 Å². The highest BCUT2D eigenvalue weighted by molar-refractivity contribution is 5.56. The van der Waals surface area contributed by atoms with Gasteiger partial charge in [-0.25, -0.2) is 5.48 Å². The number of nitrogens with one attached hydrogen (secondary N) is 1. The maximum Gasteiger partial charge on any atom is 0.123 e. The van der Waals surface area contributed by atoms with E-state index in [4.69, 9.17) is 4.84 Å². The van der Waals surface area contributed by atoms with E-state index >= 15 is 0 Å². The summed E-state index contributed by atoms with van der Waals surface area (Å²) in [6, 6.07) is 6.50. The topological polar surface area (TPSA) is 38.3 Å². The Balaban J connectivity index is 2.64. The zero-order valence-corrected chi connectivity index (χ0v) is 16.1. The van der Waals surface area contributed by atoms with Gasteiger partial charge in [-0.2, -0.15) is 0 Å². The van der Waals surface area contributed by atoms with Crippen molar-refractivity contribution in [1.82, 2.24) is 5.48 Å². The van der Waals surface area contributed by atoms with Gasteiger partial charge >= 0.3 is 0 Å². The third-order valence-electron chi connectivity index (χ3n) is 4.75. The Morgan fingerprint density at radius 3 is 2.68 bits per heavy atom. The van der Waals surface area contributed by atoms with E-state index in [-0.39, 0.29) is 5.92 Å². The van der Waals surface area contributed by atoms with Gasteiger partial charge in [0, 0.05) is 13.0 Å². The second-order valence-electron chi connectivity index (χ2n) is 6.63. The van der Waals surface area contributed by atoms with Crippen LogP contribution in [0.3, 0.4) is 0 Å². The first-order valence-electron chi connectivity index (χ1n) is 9.73. The number of carbonyl (C=O) groups is 1. The molecule has 0 aliphatic carbocycles. The van der Waals surface area contributed by atoms with Gasteiger partial charge in [-0.1, -0.05) is 57.0 Å². The van der Waals surface area contributed by atoms with Crippen LogP contribution >= 0.6 is 0 Å². The number of hydrogen-bond donors (Lipinski definition) is 1. The highest BCUT2D eigenvalue weighted by atomic mass is 16.6. The first kappa shape index (κ1) is 21.6. The van der Waals surface area contributed by atoms with Crippen LogP contribution in [0.1, 0.15) is 68.6 Å². The molecule has 1 aromatic carbocycles. The molecule has 1 atom stereocenters. The molecule has 1 rings (SSSR count). The molecule has 0 radical (unpaired) electrons. The van der Waals surface area contributed by atoms with E-state index < -0.39 is 0 Å². The fourth-order valence-corrected chi connectivity index (χ4v) is 3.26. The summed E-state index contributed by atoms with van der Waals surface area (Å²) in [5.41, 5.74) is 6.70. The fraction of sp³-hybridized carbons (Fsp3) is 0.591. The van der Waals surface area contributed by atoms with Gasteiger partial charge in [-0.05, 0) is 55.2 Å². The number of aldehydes is 1. The fourth-order valence-electron chi connectivity index (χ4n) is 3.26. The molecule has 0 amide bonds. The summed E-state index contributed by atoms with van der Waals surface area (Å²) in [4.78, 5) is 16.5. The van der Waals surface area contributed by atoms with E-state index in [2.05, 4.69) is 37.2 Å². The van der Waals surface area contributed by atoms with Crippen molar-refractivity contribution in [3.05, 3.63) is 41.5 Å². The lowest BCUT2D eigenvalue weighted by Crippen LogP contribution is -2.11. The SMILES string of the molecule is C=Cc1cccc(CCCCCC)c1CCC(C=O)CCCONC. The Kier molecular flexibility index (Phi) is 11.9. The molecule has 1 unspecified atom stereocenters. The smallest absolute Gasteiger partial charge is 0.123 e. The second-order valence-corrected chi connectivity index (χ2v) is 6.63. The van der Waals surface area contributed by atoms with Crippen LogP contribution in [-0.2, 0) is 22.5 Å². The third kappa shape index (κ3) is 8.46. The van der Waals surface area contributed by atoms with E-state index in [0.29, 0.717) is 6.61 Å². The molecule has 3 heteroatoms. The van der Waals surface area contributed by atoms with Crippen molar-refractivity contribution in [1.29, 1.82) is 0 Å². The Morgan fingerprint density at radius 1 is 1.16 bits per heavy atom. The quantitative estimate of drug-likeness (QED) is 0.272. The number of unbranched alkanes of at least 4 members (excludes halogenated alkanes) is 3. The Hall–Kier alpha value is -1.45. The van der Waals surface area contributed by atoms with E-state index in [1.54, 1.807) is 7.05 Å². The number of carbonyl (C=O) groups excluding carboxylic acids is 1. The summed E-state index contributed by atoms with van der Waals surface area (Å²) in [6.07, 6.45) is 12.9. The largest absolute Gasteiger partial charge is 0.303 e. The van der Waals surface area contributed by atoms with Gasteiger partial charge in [-0.3, -0.25) is 0 Å². The van der Waals surface area contributed by atoms with Crippen molar-refractivity contribution in [2.75, 3.05) is 13.7 Å². The molecule has 3 nitrogen and oxygen atoms in total. The van der Waals surface area contributed by atoms with Crippen molar-refractivity contribution >= 4 is 12.4 Å². The minimum atomic E-state index is 0.103. The monoisotopic (exact) mass is 345 g/mol. The van der Waals surface area contributed by atoms with Gasteiger partial charge in [0.1, 0.15) is 6.29 Å². The van der Waals surface area contributed by atoms with E-state index in [1.807, 2.05) is 6.08 Å². The lowest BCUT2D eigenvalue weighted by Gasteiger charge is -2.16. The van der Waals surface area contributed by atoms with Crippen LogP contribution in [0, 0.1) is 5.92 Å². The van der Waals surface area contributed by atoms with E-state index in [9.17, 15) is 4.79 Å². The van der Waals surface area contributed by atoms with Crippen molar-refractivity contribution in [2.24, 2.45) is 5.92 Å². The molecule has 0 aliphatic heterocycles. The minimum Gasteiger partial charge on any atom is -0.303 e. The summed E-state index contributed by atoms with van der Waals surface area (Å²) in [6.45, 7) is 6.85. The van der Waals surface area contributed by atoms with E-state index in [0.717, 1.165) is 38.4 Å². The van der Waals surface area contributed by atoms with Crippen LogP contribution in [0.5, 0.6) is 0 Å². The molecule has 0 heterocycles. The maximum absolute atomic E-state index is 11.4. The molecule has 1 aromatic rings. The molecule has 25 heavy (non-hydrogen) atoms. The molecular formula is C22H35NO2. The summed E-state index contributed by atoms with van der Waals surface area (Å²) < 4.78 is 0. The summed E-state index contributed by atoms with van der Waals surface area (Å²) in [7, 11) is 1.76. The molecule has 0 spiro atoms. The zero-order chi connectivity index (χ0) is 18.3. The average Bonchev–Trinajstić information content (AvgIpc) is 2.65. The molecule has 140 valence electrons. The average molecular weight is 346 g/mol. The molecule has 1 N–H and O–H groups in total. The Morgan fingerprint density at radius 2 is 2.00 bits per heavy atom. The molecular weight excluding hydrogens is 310 g/mol. The van der Waals surface area contributed by atoms with Crippen molar-refractivity contribution in [3.8, 4) is 0 Å². The van der Waals surface area contributed by atoms with E-state index in [1.165, 1.54) is 42.4 Å². The number of benzene rings is 1. The molecule has 0 fully saturated rings. The standard InChI is InChI=1S/C22H35NO2/c1-4-6-7-8-12-21-14-9-13-20(5-2)22(21)16-15-19(18-24)11-10-17-25-23-3/h5,9,13-14,18-19,23H,2,4,6-8,10-12,15-17H2,1,3H3. The van der Waals surface area contributed by atoms with Gasteiger partial charge in [-0.15, -0.1) is 0 Å². The third-order valence-corrected chi connectivity index (χ3v) is 4.75. The Labute approximate surface area is 153 Å². The van der Waals surface area contributed by atoms with Crippen molar-refractivity contribution in [2.45, 2.75) is 64.7 Å². The summed E-state index contributed by atoms with van der Waals surface area (Å²) in [5, 5.41) is 0. The maximum atomic E-state index is 11.4. The van der Waals surface area contributed by atoms with Gasteiger partial charge in [0.25, 0.3) is 0 Å². The van der Waals surface area contributed by atoms with Crippen LogP contribution in [0.25, 0.3) is 6.08 Å². The van der Waals surface area contributed by atoms with Crippen LogP contribution in [0.4, 0.5) is 0 Å². The minimum absolute atomic E-state index is 0.103. The lowest BCUT2D eigenvalue weighted by molar-refractivity contribution is -0.111. The lowest BCUT2D eigenvalue weighted by atomic mass is 9.89. The van der Waals surface area contributed by atoms with Crippen molar-refractivity contribution < 1.29 is 9.63 Å².